The molecule has 126 valence electrons. The van der Waals surface area contributed by atoms with Crippen molar-refractivity contribution in [3.63, 3.8) is 0 Å². The third-order valence-electron chi connectivity index (χ3n) is 3.29. The Morgan fingerprint density at radius 3 is 2.67 bits per heavy atom. The van der Waals surface area contributed by atoms with E-state index in [1.807, 2.05) is 6.92 Å². The van der Waals surface area contributed by atoms with Crippen LogP contribution >= 0.6 is 11.6 Å². The number of nitrogens with zero attached hydrogens (tertiary/aromatic N) is 1. The number of rotatable bonds is 4. The van der Waals surface area contributed by atoms with Crippen molar-refractivity contribution in [3.8, 4) is 11.5 Å². The standard InChI is InChI=1S/C15H13ClFN3O3S/c1-8-5-13(19-18-8)14-7-15(9(2)23-14)24(21,22)20-12-6-10(16)3-4-11(12)17/h3-7,20H,1-2H3,(H,18,19). The van der Waals surface area contributed by atoms with Gasteiger partial charge >= 0.3 is 0 Å². The first-order valence-corrected chi connectivity index (χ1v) is 8.73. The molecule has 0 fully saturated rings. The smallest absolute Gasteiger partial charge is 0.265 e. The van der Waals surface area contributed by atoms with Gasteiger partial charge in [-0.2, -0.15) is 5.10 Å². The van der Waals surface area contributed by atoms with Crippen molar-refractivity contribution >= 4 is 27.3 Å². The van der Waals surface area contributed by atoms with Gasteiger partial charge < -0.3 is 4.42 Å². The van der Waals surface area contributed by atoms with Crippen LogP contribution in [0, 0.1) is 19.7 Å². The van der Waals surface area contributed by atoms with E-state index in [2.05, 4.69) is 14.9 Å². The van der Waals surface area contributed by atoms with Crippen LogP contribution in [0.15, 0.2) is 39.6 Å². The Hall–Kier alpha value is -2.32. The Bertz CT molecular complexity index is 1010. The van der Waals surface area contributed by atoms with Gasteiger partial charge in [0.15, 0.2) is 5.76 Å². The molecule has 0 aliphatic rings. The molecule has 0 bridgehead atoms. The maximum atomic E-state index is 13.8. The van der Waals surface area contributed by atoms with Gasteiger partial charge in [-0.1, -0.05) is 11.6 Å². The van der Waals surface area contributed by atoms with Crippen LogP contribution in [0.5, 0.6) is 0 Å². The second-order valence-corrected chi connectivity index (χ2v) is 7.28. The number of aromatic amines is 1. The lowest BCUT2D eigenvalue weighted by atomic mass is 10.3. The second-order valence-electron chi connectivity index (χ2n) is 5.20. The van der Waals surface area contributed by atoms with Gasteiger partial charge in [-0.3, -0.25) is 9.82 Å². The summed E-state index contributed by atoms with van der Waals surface area (Å²) in [5.41, 5.74) is 1.05. The van der Waals surface area contributed by atoms with Crippen molar-refractivity contribution in [1.82, 2.24) is 10.2 Å². The highest BCUT2D eigenvalue weighted by Crippen LogP contribution is 2.29. The summed E-state index contributed by atoms with van der Waals surface area (Å²) in [5, 5.41) is 6.98. The van der Waals surface area contributed by atoms with Gasteiger partial charge in [0.2, 0.25) is 0 Å². The molecule has 3 rings (SSSR count). The molecule has 0 spiro atoms. The molecule has 2 heterocycles. The molecule has 9 heteroatoms. The Morgan fingerprint density at radius 1 is 1.25 bits per heavy atom. The number of aromatic nitrogens is 2. The largest absolute Gasteiger partial charge is 0.458 e. The maximum absolute atomic E-state index is 13.8. The van der Waals surface area contributed by atoms with Crippen molar-refractivity contribution in [3.05, 3.63) is 52.6 Å². The summed E-state index contributed by atoms with van der Waals surface area (Å²) < 4.78 is 46.5. The number of sulfonamides is 1. The SMILES string of the molecule is Cc1cc(-c2cc(S(=O)(=O)Nc3cc(Cl)ccc3F)c(C)o2)n[nH]1. The first kappa shape index (κ1) is 16.5. The summed E-state index contributed by atoms with van der Waals surface area (Å²) in [6, 6.07) is 6.67. The minimum Gasteiger partial charge on any atom is -0.458 e. The number of H-pyrrole nitrogens is 1. The van der Waals surface area contributed by atoms with E-state index < -0.39 is 15.8 Å². The molecule has 24 heavy (non-hydrogen) atoms. The quantitative estimate of drug-likeness (QED) is 0.730. The summed E-state index contributed by atoms with van der Waals surface area (Å²) >= 11 is 5.78. The number of hydrogen-bond donors (Lipinski definition) is 2. The summed E-state index contributed by atoms with van der Waals surface area (Å²) in [6.07, 6.45) is 0. The Balaban J connectivity index is 1.98. The van der Waals surface area contributed by atoms with Crippen LogP contribution in [-0.4, -0.2) is 18.6 Å². The lowest BCUT2D eigenvalue weighted by Crippen LogP contribution is -2.14. The molecule has 0 radical (unpaired) electrons. The lowest BCUT2D eigenvalue weighted by molar-refractivity contribution is 0.533. The van der Waals surface area contributed by atoms with Crippen LogP contribution in [-0.2, 0) is 10.0 Å². The van der Waals surface area contributed by atoms with Crippen LogP contribution in [0.1, 0.15) is 11.5 Å². The molecule has 0 saturated carbocycles. The summed E-state index contributed by atoms with van der Waals surface area (Å²) in [7, 11) is -4.04. The van der Waals surface area contributed by atoms with Crippen LogP contribution < -0.4 is 4.72 Å². The van der Waals surface area contributed by atoms with Crippen LogP contribution in [0.3, 0.4) is 0 Å². The third-order valence-corrected chi connectivity index (χ3v) is 5.00. The van der Waals surface area contributed by atoms with Gasteiger partial charge in [0.25, 0.3) is 10.0 Å². The van der Waals surface area contributed by atoms with Crippen molar-refractivity contribution in [2.24, 2.45) is 0 Å². The highest BCUT2D eigenvalue weighted by molar-refractivity contribution is 7.92. The van der Waals surface area contributed by atoms with E-state index in [0.29, 0.717) is 11.5 Å². The minimum absolute atomic E-state index is 0.0995. The summed E-state index contributed by atoms with van der Waals surface area (Å²) in [4.78, 5) is -0.0995. The molecule has 0 aliphatic carbocycles. The second kappa shape index (κ2) is 5.95. The van der Waals surface area contributed by atoms with Gasteiger partial charge in [-0.15, -0.1) is 0 Å². The Labute approximate surface area is 142 Å². The average Bonchev–Trinajstić information content (AvgIpc) is 3.09. The molecular weight excluding hydrogens is 357 g/mol. The maximum Gasteiger partial charge on any atom is 0.265 e. The fourth-order valence-electron chi connectivity index (χ4n) is 2.18. The molecular formula is C15H13ClFN3O3S. The number of anilines is 1. The molecule has 2 aromatic heterocycles. The number of halogens is 2. The molecule has 0 unspecified atom stereocenters. The molecule has 6 nitrogen and oxygen atoms in total. The van der Waals surface area contributed by atoms with Gasteiger partial charge in [-0.25, -0.2) is 12.8 Å². The molecule has 3 aromatic rings. The van der Waals surface area contributed by atoms with Crippen molar-refractivity contribution in [2.75, 3.05) is 4.72 Å². The Morgan fingerprint density at radius 2 is 2.00 bits per heavy atom. The van der Waals surface area contributed by atoms with E-state index in [1.54, 1.807) is 6.07 Å². The lowest BCUT2D eigenvalue weighted by Gasteiger charge is -2.08. The molecule has 1 aromatic carbocycles. The van der Waals surface area contributed by atoms with Crippen molar-refractivity contribution < 1.29 is 17.2 Å². The number of aryl methyl sites for hydroxylation is 2. The van der Waals surface area contributed by atoms with Gasteiger partial charge in [0, 0.05) is 16.8 Å². The minimum atomic E-state index is -4.04. The number of furan rings is 1. The fourth-order valence-corrected chi connectivity index (χ4v) is 3.59. The summed E-state index contributed by atoms with van der Waals surface area (Å²) in [5.74, 6) is -0.267. The molecule has 0 aliphatic heterocycles. The first-order chi connectivity index (χ1) is 11.3. The zero-order valence-electron chi connectivity index (χ0n) is 12.7. The summed E-state index contributed by atoms with van der Waals surface area (Å²) in [6.45, 7) is 3.32. The van der Waals surface area contributed by atoms with Crippen LogP contribution in [0.4, 0.5) is 10.1 Å². The normalized spacial score (nSPS) is 11.7. The third kappa shape index (κ3) is 3.15. The van der Waals surface area contributed by atoms with Crippen LogP contribution in [0.25, 0.3) is 11.5 Å². The fraction of sp³-hybridized carbons (Fsp3) is 0.133. The van der Waals surface area contributed by atoms with E-state index in [1.165, 1.54) is 25.1 Å². The van der Waals surface area contributed by atoms with E-state index >= 15 is 0 Å². The highest BCUT2D eigenvalue weighted by atomic mass is 35.5. The zero-order chi connectivity index (χ0) is 17.5. The average molecular weight is 370 g/mol. The van der Waals surface area contributed by atoms with Crippen molar-refractivity contribution in [2.45, 2.75) is 18.7 Å². The number of benzene rings is 1. The van der Waals surface area contributed by atoms with Gasteiger partial charge in [0.05, 0.1) is 5.69 Å². The topological polar surface area (TPSA) is 88.0 Å². The van der Waals surface area contributed by atoms with E-state index in [0.717, 1.165) is 11.8 Å². The zero-order valence-corrected chi connectivity index (χ0v) is 14.3. The van der Waals surface area contributed by atoms with E-state index in [9.17, 15) is 12.8 Å². The molecule has 0 amide bonds. The predicted octanol–water partition coefficient (Wildman–Crippen LogP) is 3.88. The molecule has 0 saturated heterocycles. The van der Waals surface area contributed by atoms with E-state index in [-0.39, 0.29) is 21.4 Å². The van der Waals surface area contributed by atoms with Gasteiger partial charge in [-0.05, 0) is 38.1 Å². The number of hydrogen-bond acceptors (Lipinski definition) is 4. The first-order valence-electron chi connectivity index (χ1n) is 6.87. The van der Waals surface area contributed by atoms with Gasteiger partial charge in [0.1, 0.15) is 22.2 Å². The Kier molecular flexibility index (Phi) is 4.10. The predicted molar refractivity (Wildman–Crippen MR) is 88.0 cm³/mol. The van der Waals surface area contributed by atoms with E-state index in [4.69, 9.17) is 16.0 Å². The molecule has 0 atom stereocenters. The highest BCUT2D eigenvalue weighted by Gasteiger charge is 2.24. The molecule has 2 N–H and O–H groups in total. The van der Waals surface area contributed by atoms with Crippen LogP contribution in [0.2, 0.25) is 5.02 Å². The van der Waals surface area contributed by atoms with Crippen molar-refractivity contribution in [1.29, 1.82) is 0 Å². The monoisotopic (exact) mass is 369 g/mol. The number of nitrogens with one attached hydrogen (secondary N) is 2.